The average Bonchev–Trinajstić information content (AvgIpc) is 3.21. The first-order chi connectivity index (χ1) is 12.0. The first-order valence-electron chi connectivity index (χ1n) is 8.77. The highest BCUT2D eigenvalue weighted by Crippen LogP contribution is 2.46. The third kappa shape index (κ3) is 3.37. The van der Waals surface area contributed by atoms with Crippen molar-refractivity contribution >= 4 is 33.2 Å². The summed E-state index contributed by atoms with van der Waals surface area (Å²) in [7, 11) is 0. The fraction of sp³-hybridized carbons (Fsp3) is 0.588. The Labute approximate surface area is 154 Å². The molecule has 3 atom stereocenters. The first-order valence-corrected chi connectivity index (χ1v) is 9.56. The monoisotopic (exact) mass is 408 g/mol. The maximum Gasteiger partial charge on any atom is 0.294 e. The van der Waals surface area contributed by atoms with Gasteiger partial charge in [0.05, 0.1) is 10.5 Å². The zero-order valence-corrected chi connectivity index (χ0v) is 15.4. The van der Waals surface area contributed by atoms with Crippen LogP contribution in [0.15, 0.2) is 16.6 Å². The van der Waals surface area contributed by atoms with Crippen molar-refractivity contribution in [1.29, 1.82) is 0 Å². The zero-order chi connectivity index (χ0) is 17.6. The molecule has 2 heterocycles. The normalized spacial score (nSPS) is 27.7. The zero-order valence-electron chi connectivity index (χ0n) is 13.8. The number of amides is 1. The lowest BCUT2D eigenvalue weighted by Crippen LogP contribution is -2.39. The van der Waals surface area contributed by atoms with Gasteiger partial charge in [0.2, 0.25) is 0 Å². The quantitative estimate of drug-likeness (QED) is 0.590. The molecule has 1 saturated carbocycles. The highest BCUT2D eigenvalue weighted by Gasteiger charge is 2.47. The van der Waals surface area contributed by atoms with Crippen molar-refractivity contribution in [2.75, 3.05) is 31.5 Å². The van der Waals surface area contributed by atoms with E-state index in [1.807, 2.05) is 4.90 Å². The van der Waals surface area contributed by atoms with Gasteiger partial charge in [0.15, 0.2) is 0 Å². The van der Waals surface area contributed by atoms with Crippen LogP contribution in [0.4, 0.5) is 11.4 Å². The molecule has 2 aliphatic heterocycles. The van der Waals surface area contributed by atoms with Crippen LogP contribution in [0.3, 0.4) is 0 Å². The molecule has 0 spiro atoms. The number of fused-ring (bicyclic) bond motifs is 1. The molecule has 8 heteroatoms. The van der Waals surface area contributed by atoms with Crippen molar-refractivity contribution in [3.8, 4) is 0 Å². The maximum atomic E-state index is 13.0. The molecule has 1 amide bonds. The van der Waals surface area contributed by atoms with Gasteiger partial charge in [-0.3, -0.25) is 14.9 Å². The molecule has 4 rings (SSSR count). The Morgan fingerprint density at radius 3 is 2.76 bits per heavy atom. The molecule has 1 aromatic rings. The van der Waals surface area contributed by atoms with Crippen LogP contribution in [-0.2, 0) is 0 Å². The molecule has 2 N–H and O–H groups in total. The summed E-state index contributed by atoms with van der Waals surface area (Å²) < 4.78 is 0.555. The van der Waals surface area contributed by atoms with Crippen molar-refractivity contribution < 1.29 is 9.72 Å². The van der Waals surface area contributed by atoms with Crippen LogP contribution in [-0.4, -0.2) is 48.0 Å². The molecule has 0 radical (unpaired) electrons. The number of nitrogens with zero attached hydrogens (tertiary/aromatic N) is 2. The number of hydrogen-bond acceptors (Lipinski definition) is 5. The van der Waals surface area contributed by atoms with Crippen LogP contribution in [0.5, 0.6) is 0 Å². The molecule has 7 nitrogen and oxygen atoms in total. The van der Waals surface area contributed by atoms with E-state index in [2.05, 4.69) is 26.6 Å². The van der Waals surface area contributed by atoms with Crippen molar-refractivity contribution in [2.24, 2.45) is 11.8 Å². The van der Waals surface area contributed by atoms with Crippen LogP contribution in [0.1, 0.15) is 29.6 Å². The molecule has 2 saturated heterocycles. The second-order valence-electron chi connectivity index (χ2n) is 7.26. The third-order valence-electron chi connectivity index (χ3n) is 5.42. The topological polar surface area (TPSA) is 87.5 Å². The number of nitro groups is 1. The van der Waals surface area contributed by atoms with Crippen LogP contribution in [0, 0.1) is 22.0 Å². The molecule has 1 aliphatic carbocycles. The maximum absolute atomic E-state index is 13.0. The minimum atomic E-state index is -0.415. The number of hydrogen-bond donors (Lipinski definition) is 2. The van der Waals surface area contributed by atoms with Gasteiger partial charge in [0.25, 0.3) is 11.6 Å². The molecule has 25 heavy (non-hydrogen) atoms. The Kier molecular flexibility index (Phi) is 4.41. The number of piperidine rings is 2. The Hall–Kier alpha value is -1.67. The van der Waals surface area contributed by atoms with E-state index in [9.17, 15) is 14.9 Å². The number of carbonyl (C=O) groups is 1. The largest absolute Gasteiger partial charge is 0.375 e. The van der Waals surface area contributed by atoms with Gasteiger partial charge in [-0.1, -0.05) is 15.9 Å². The molecular weight excluding hydrogens is 388 g/mol. The smallest absolute Gasteiger partial charge is 0.294 e. The van der Waals surface area contributed by atoms with E-state index in [4.69, 9.17) is 0 Å². The summed E-state index contributed by atoms with van der Waals surface area (Å²) in [6.07, 6.45) is 3.16. The summed E-state index contributed by atoms with van der Waals surface area (Å²) in [5.41, 5.74) is 0.702. The Balaban J connectivity index is 1.67. The lowest BCUT2D eigenvalue weighted by Gasteiger charge is -2.27. The second kappa shape index (κ2) is 6.57. The van der Waals surface area contributed by atoms with Crippen LogP contribution < -0.4 is 10.6 Å². The lowest BCUT2D eigenvalue weighted by molar-refractivity contribution is -0.384. The number of likely N-dealkylation sites (tertiary alicyclic amines) is 1. The van der Waals surface area contributed by atoms with E-state index in [0.717, 1.165) is 39.0 Å². The summed E-state index contributed by atoms with van der Waals surface area (Å²) in [6, 6.07) is 3.27. The van der Waals surface area contributed by atoms with Crippen LogP contribution in [0.25, 0.3) is 0 Å². The number of rotatable bonds is 4. The molecule has 3 fully saturated rings. The number of carbonyl (C=O) groups excluding carboxylic acids is 1. The van der Waals surface area contributed by atoms with E-state index in [0.29, 0.717) is 27.6 Å². The molecule has 0 bridgehead atoms. The Morgan fingerprint density at radius 1 is 1.36 bits per heavy atom. The van der Waals surface area contributed by atoms with Gasteiger partial charge in [-0.05, 0) is 43.7 Å². The number of halogens is 1. The van der Waals surface area contributed by atoms with Crippen LogP contribution in [0.2, 0.25) is 0 Å². The Bertz CT molecular complexity index is 710. The van der Waals surface area contributed by atoms with Gasteiger partial charge in [-0.25, -0.2) is 0 Å². The second-order valence-corrected chi connectivity index (χ2v) is 8.17. The molecular formula is C17H21BrN4O3. The predicted octanol–water partition coefficient (Wildman–Crippen LogP) is 2.61. The summed E-state index contributed by atoms with van der Waals surface area (Å²) in [4.78, 5) is 26.0. The standard InChI is InChI=1S/C17H21BrN4O3/c18-12-5-14(17(23)21-8-10-4-11(10)9-21)16(15(6-12)22(24)25)20-13-2-1-3-19-7-13/h5-6,10-11,13,19-20H,1-4,7-9H2/t10?,11?,13-/m1/s1. The van der Waals surface area contributed by atoms with Gasteiger partial charge in [-0.2, -0.15) is 0 Å². The van der Waals surface area contributed by atoms with Gasteiger partial charge >= 0.3 is 0 Å². The number of nitro benzene ring substituents is 1. The van der Waals surface area contributed by atoms with Crippen molar-refractivity contribution in [1.82, 2.24) is 10.2 Å². The van der Waals surface area contributed by atoms with Crippen molar-refractivity contribution in [3.05, 3.63) is 32.3 Å². The highest BCUT2D eigenvalue weighted by atomic mass is 79.9. The van der Waals surface area contributed by atoms with E-state index < -0.39 is 4.92 Å². The van der Waals surface area contributed by atoms with Crippen molar-refractivity contribution in [3.63, 3.8) is 0 Å². The highest BCUT2D eigenvalue weighted by molar-refractivity contribution is 9.10. The van der Waals surface area contributed by atoms with Gasteiger partial charge < -0.3 is 15.5 Å². The fourth-order valence-corrected chi connectivity index (χ4v) is 4.42. The first kappa shape index (κ1) is 16.8. The van der Waals surface area contributed by atoms with E-state index in [1.54, 1.807) is 6.07 Å². The fourth-order valence-electron chi connectivity index (χ4n) is 3.97. The average molecular weight is 409 g/mol. The number of anilines is 1. The summed E-state index contributed by atoms with van der Waals surface area (Å²) in [5.74, 6) is 1.15. The minimum Gasteiger partial charge on any atom is -0.375 e. The Morgan fingerprint density at radius 2 is 2.12 bits per heavy atom. The van der Waals surface area contributed by atoms with Gasteiger partial charge in [0, 0.05) is 36.2 Å². The van der Waals surface area contributed by atoms with Gasteiger partial charge in [-0.15, -0.1) is 0 Å². The molecule has 1 aromatic carbocycles. The van der Waals surface area contributed by atoms with Crippen molar-refractivity contribution in [2.45, 2.75) is 25.3 Å². The predicted molar refractivity (Wildman–Crippen MR) is 97.8 cm³/mol. The SMILES string of the molecule is O=C(c1cc(Br)cc([N+](=O)[O-])c1N[C@@H]1CCCNC1)N1CC2CC2C1. The van der Waals surface area contributed by atoms with Crippen LogP contribution >= 0.6 is 15.9 Å². The van der Waals surface area contributed by atoms with Gasteiger partial charge in [0.1, 0.15) is 5.69 Å². The third-order valence-corrected chi connectivity index (χ3v) is 5.88. The summed E-state index contributed by atoms with van der Waals surface area (Å²) >= 11 is 3.32. The number of nitrogens with one attached hydrogen (secondary N) is 2. The lowest BCUT2D eigenvalue weighted by atomic mass is 10.0. The molecule has 134 valence electrons. The number of benzene rings is 1. The molecule has 2 unspecified atom stereocenters. The summed E-state index contributed by atoms with van der Waals surface area (Å²) in [5, 5.41) is 18.1. The van der Waals surface area contributed by atoms with E-state index in [-0.39, 0.29) is 17.6 Å². The molecule has 0 aromatic heterocycles. The van der Waals surface area contributed by atoms with E-state index in [1.165, 1.54) is 12.5 Å². The summed E-state index contributed by atoms with van der Waals surface area (Å²) in [6.45, 7) is 3.25. The van der Waals surface area contributed by atoms with E-state index >= 15 is 0 Å². The molecule has 3 aliphatic rings. The minimum absolute atomic E-state index is 0.0485.